The molecule has 0 bridgehead atoms. The lowest BCUT2D eigenvalue weighted by atomic mass is 10.1. The Labute approximate surface area is 174 Å². The first-order valence-corrected chi connectivity index (χ1v) is 9.59. The fraction of sp³-hybridized carbons (Fsp3) is 0.0500. The lowest BCUT2D eigenvalue weighted by molar-refractivity contribution is -0.112. The van der Waals surface area contributed by atoms with Gasteiger partial charge in [-0.05, 0) is 41.5 Å². The van der Waals surface area contributed by atoms with Crippen LogP contribution >= 0.6 is 34.5 Å². The smallest absolute Gasteiger partial charge is 0.268 e. The SMILES string of the molecule is N#CC(=Cc1ccc(F)cc1)C(=O)Nc1ncc(Cc2ccc(Cl)c(Cl)c2)s1. The molecule has 4 nitrogen and oxygen atoms in total. The number of carbonyl (C=O) groups is 1. The predicted octanol–water partition coefficient (Wildman–Crippen LogP) is 5.73. The van der Waals surface area contributed by atoms with E-state index < -0.39 is 11.7 Å². The number of nitrogens with one attached hydrogen (secondary N) is 1. The normalized spacial score (nSPS) is 11.1. The molecule has 0 aliphatic rings. The van der Waals surface area contributed by atoms with E-state index >= 15 is 0 Å². The third-order valence-electron chi connectivity index (χ3n) is 3.68. The molecule has 0 saturated heterocycles. The van der Waals surface area contributed by atoms with Crippen molar-refractivity contribution in [3.05, 3.63) is 86.1 Å². The number of thiazole rings is 1. The van der Waals surface area contributed by atoms with Crippen LogP contribution in [0.2, 0.25) is 10.0 Å². The number of nitriles is 1. The van der Waals surface area contributed by atoms with Crippen molar-refractivity contribution in [1.29, 1.82) is 5.26 Å². The van der Waals surface area contributed by atoms with Crippen molar-refractivity contribution in [1.82, 2.24) is 4.98 Å². The van der Waals surface area contributed by atoms with Gasteiger partial charge in [0.05, 0.1) is 10.0 Å². The third kappa shape index (κ3) is 5.17. The average Bonchev–Trinajstić information content (AvgIpc) is 3.11. The van der Waals surface area contributed by atoms with Crippen LogP contribution in [0, 0.1) is 17.1 Å². The maximum atomic E-state index is 13.0. The van der Waals surface area contributed by atoms with Crippen molar-refractivity contribution in [2.45, 2.75) is 6.42 Å². The molecule has 28 heavy (non-hydrogen) atoms. The first-order valence-electron chi connectivity index (χ1n) is 8.02. The van der Waals surface area contributed by atoms with Crippen molar-refractivity contribution < 1.29 is 9.18 Å². The highest BCUT2D eigenvalue weighted by Gasteiger charge is 2.12. The Morgan fingerprint density at radius 1 is 1.21 bits per heavy atom. The molecular formula is C20H12Cl2FN3OS. The number of aromatic nitrogens is 1. The maximum absolute atomic E-state index is 13.0. The first-order chi connectivity index (χ1) is 13.4. The molecule has 0 unspecified atom stereocenters. The van der Waals surface area contributed by atoms with Crippen LogP contribution < -0.4 is 5.32 Å². The molecule has 8 heteroatoms. The standard InChI is InChI=1S/C20H12Cl2FN3OS/c21-17-6-3-13(9-18(17)22)8-16-11-25-20(28-16)26-19(27)14(10-24)7-12-1-4-15(23)5-2-12/h1-7,9,11H,8H2,(H,25,26,27). The summed E-state index contributed by atoms with van der Waals surface area (Å²) in [5.41, 5.74) is 1.41. The molecule has 0 saturated carbocycles. The molecule has 3 aromatic rings. The molecule has 1 amide bonds. The highest BCUT2D eigenvalue weighted by molar-refractivity contribution is 7.15. The van der Waals surface area contributed by atoms with E-state index in [0.717, 1.165) is 10.4 Å². The number of hydrogen-bond donors (Lipinski definition) is 1. The number of rotatable bonds is 5. The monoisotopic (exact) mass is 431 g/mol. The number of hydrogen-bond acceptors (Lipinski definition) is 4. The Kier molecular flexibility index (Phi) is 6.42. The molecule has 3 rings (SSSR count). The lowest BCUT2D eigenvalue weighted by Crippen LogP contribution is -2.13. The van der Waals surface area contributed by atoms with Gasteiger partial charge in [-0.25, -0.2) is 9.37 Å². The maximum Gasteiger partial charge on any atom is 0.268 e. The molecule has 1 N–H and O–H groups in total. The third-order valence-corrected chi connectivity index (χ3v) is 5.33. The van der Waals surface area contributed by atoms with Crippen molar-refractivity contribution in [2.75, 3.05) is 5.32 Å². The van der Waals surface area contributed by atoms with Crippen LogP contribution in [0.4, 0.5) is 9.52 Å². The van der Waals surface area contributed by atoms with Gasteiger partial charge in [0.15, 0.2) is 5.13 Å². The van der Waals surface area contributed by atoms with E-state index in [1.54, 1.807) is 18.3 Å². The zero-order valence-corrected chi connectivity index (χ0v) is 16.6. The van der Waals surface area contributed by atoms with Gasteiger partial charge in [-0.1, -0.05) is 41.4 Å². The van der Waals surface area contributed by atoms with E-state index in [-0.39, 0.29) is 5.57 Å². The Hall–Kier alpha value is -2.72. The quantitative estimate of drug-likeness (QED) is 0.414. The number of carbonyl (C=O) groups excluding carboxylic acids is 1. The van der Waals surface area contributed by atoms with E-state index in [4.69, 9.17) is 23.2 Å². The highest BCUT2D eigenvalue weighted by Crippen LogP contribution is 2.26. The number of nitrogens with zero attached hydrogens (tertiary/aromatic N) is 2. The molecule has 1 heterocycles. The Morgan fingerprint density at radius 2 is 1.96 bits per heavy atom. The minimum atomic E-state index is -0.581. The van der Waals surface area contributed by atoms with Crippen LogP contribution in [0.15, 0.2) is 54.2 Å². The van der Waals surface area contributed by atoms with Crippen LogP contribution in [0.1, 0.15) is 16.0 Å². The van der Waals surface area contributed by atoms with Crippen molar-refractivity contribution in [3.8, 4) is 6.07 Å². The average molecular weight is 432 g/mol. The van der Waals surface area contributed by atoms with Crippen molar-refractivity contribution >= 4 is 51.7 Å². The Balaban J connectivity index is 1.69. The summed E-state index contributed by atoms with van der Waals surface area (Å²) in [5, 5.41) is 13.2. The summed E-state index contributed by atoms with van der Waals surface area (Å²) in [7, 11) is 0. The minimum absolute atomic E-state index is 0.104. The van der Waals surface area contributed by atoms with Crippen LogP contribution in [-0.4, -0.2) is 10.9 Å². The molecule has 0 fully saturated rings. The first kappa shape index (κ1) is 20.0. The molecule has 0 aliphatic heterocycles. The fourth-order valence-electron chi connectivity index (χ4n) is 2.34. The van der Waals surface area contributed by atoms with Gasteiger partial charge in [-0.2, -0.15) is 5.26 Å². The van der Waals surface area contributed by atoms with Gasteiger partial charge in [0.2, 0.25) is 0 Å². The largest absolute Gasteiger partial charge is 0.297 e. The van der Waals surface area contributed by atoms with Crippen molar-refractivity contribution in [2.24, 2.45) is 0 Å². The fourth-order valence-corrected chi connectivity index (χ4v) is 3.50. The van der Waals surface area contributed by atoms with Gasteiger partial charge in [0.1, 0.15) is 17.5 Å². The topological polar surface area (TPSA) is 65.8 Å². The number of halogens is 3. The van der Waals surface area contributed by atoms with Gasteiger partial charge in [-0.15, -0.1) is 11.3 Å². The summed E-state index contributed by atoms with van der Waals surface area (Å²) in [4.78, 5) is 17.4. The van der Waals surface area contributed by atoms with E-state index in [1.807, 2.05) is 12.1 Å². The van der Waals surface area contributed by atoms with Gasteiger partial charge in [0, 0.05) is 17.5 Å². The van der Waals surface area contributed by atoms with Crippen LogP contribution in [0.5, 0.6) is 0 Å². The van der Waals surface area contributed by atoms with E-state index in [2.05, 4.69) is 10.3 Å². The van der Waals surface area contributed by atoms with Crippen molar-refractivity contribution in [3.63, 3.8) is 0 Å². The molecule has 0 radical (unpaired) electrons. The minimum Gasteiger partial charge on any atom is -0.297 e. The summed E-state index contributed by atoms with van der Waals surface area (Å²) in [6, 6.07) is 12.7. The second-order valence-corrected chi connectivity index (χ2v) is 7.66. The van der Waals surface area contributed by atoms with Crippen LogP contribution in [-0.2, 0) is 11.2 Å². The molecule has 140 valence electrons. The number of anilines is 1. The summed E-state index contributed by atoms with van der Waals surface area (Å²) in [6.45, 7) is 0. The van der Waals surface area contributed by atoms with Gasteiger partial charge in [0.25, 0.3) is 5.91 Å². The zero-order chi connectivity index (χ0) is 20.1. The highest BCUT2D eigenvalue weighted by atomic mass is 35.5. The summed E-state index contributed by atoms with van der Waals surface area (Å²) >= 11 is 13.2. The van der Waals surface area contributed by atoms with E-state index in [1.165, 1.54) is 41.7 Å². The zero-order valence-electron chi connectivity index (χ0n) is 14.2. The lowest BCUT2D eigenvalue weighted by Gasteiger charge is -2.01. The second-order valence-electron chi connectivity index (χ2n) is 5.73. The number of amides is 1. The van der Waals surface area contributed by atoms with E-state index in [9.17, 15) is 14.4 Å². The number of benzene rings is 2. The summed E-state index contributed by atoms with van der Waals surface area (Å²) in [6.07, 6.45) is 3.62. The summed E-state index contributed by atoms with van der Waals surface area (Å²) < 4.78 is 13.0. The molecule has 0 aliphatic carbocycles. The molecule has 1 aromatic heterocycles. The van der Waals surface area contributed by atoms with Gasteiger partial charge in [-0.3, -0.25) is 10.1 Å². The van der Waals surface area contributed by atoms with Gasteiger partial charge < -0.3 is 0 Å². The molecule has 2 aromatic carbocycles. The van der Waals surface area contributed by atoms with Gasteiger partial charge >= 0.3 is 0 Å². The van der Waals surface area contributed by atoms with Crippen LogP contribution in [0.3, 0.4) is 0 Å². The summed E-state index contributed by atoms with van der Waals surface area (Å²) in [5.74, 6) is -0.973. The van der Waals surface area contributed by atoms with E-state index in [0.29, 0.717) is 27.2 Å². The molecule has 0 spiro atoms. The predicted molar refractivity (Wildman–Crippen MR) is 110 cm³/mol. The van der Waals surface area contributed by atoms with Crippen LogP contribution in [0.25, 0.3) is 6.08 Å². The Morgan fingerprint density at radius 3 is 2.64 bits per heavy atom. The molecular weight excluding hydrogens is 420 g/mol. The Bertz CT molecular complexity index is 1090. The second kappa shape index (κ2) is 8.98. The molecule has 0 atom stereocenters.